The first-order valence-electron chi connectivity index (χ1n) is 3.01. The van der Waals surface area contributed by atoms with Crippen LogP contribution in [0.1, 0.15) is 0 Å². The first-order chi connectivity index (χ1) is 4.57. The Hall–Kier alpha value is -0.773. The second-order valence-electron chi connectivity index (χ2n) is 2.08. The van der Waals surface area contributed by atoms with Gasteiger partial charge in [0.2, 0.25) is 9.04 Å². The van der Waals surface area contributed by atoms with E-state index in [1.807, 2.05) is 13.1 Å². The number of rotatable bonds is 3. The maximum Gasteiger partial charge on any atom is 0.359 e. The zero-order valence-electron chi connectivity index (χ0n) is 6.51. The molecule has 0 aliphatic heterocycles. The molecule has 0 radical (unpaired) electrons. The number of methoxy groups -OCH3 is 1. The highest BCUT2D eigenvalue weighted by molar-refractivity contribution is 6.50. The van der Waals surface area contributed by atoms with Crippen LogP contribution in [0.3, 0.4) is 0 Å². The summed E-state index contributed by atoms with van der Waals surface area (Å²) >= 11 is 0. The fraction of sp³-hybridized carbons (Fsp3) is 0.500. The summed E-state index contributed by atoms with van der Waals surface area (Å²) < 4.78 is 9.44. The van der Waals surface area contributed by atoms with E-state index in [4.69, 9.17) is 4.43 Å². The van der Waals surface area contributed by atoms with Crippen LogP contribution in [-0.2, 0) is 14.0 Å². The second kappa shape index (κ2) is 4.11. The number of carbonyl (C=O) groups is 1. The van der Waals surface area contributed by atoms with E-state index in [-0.39, 0.29) is 5.76 Å². The predicted molar refractivity (Wildman–Crippen MR) is 41.1 cm³/mol. The molecule has 0 fully saturated rings. The lowest BCUT2D eigenvalue weighted by Crippen LogP contribution is -2.16. The molecule has 0 saturated heterocycles. The van der Waals surface area contributed by atoms with E-state index < -0.39 is 15.0 Å². The van der Waals surface area contributed by atoms with E-state index in [9.17, 15) is 4.79 Å². The molecule has 0 heterocycles. The van der Waals surface area contributed by atoms with Gasteiger partial charge >= 0.3 is 5.97 Å². The highest BCUT2D eigenvalue weighted by Crippen LogP contribution is 1.96. The molecule has 0 spiro atoms. The molecule has 0 aliphatic carbocycles. The van der Waals surface area contributed by atoms with Crippen molar-refractivity contribution >= 4 is 15.0 Å². The Morgan fingerprint density at radius 2 is 2.00 bits per heavy atom. The SMILES string of the molecule is C=C(OC)C(=O)O[SiH](C)C. The summed E-state index contributed by atoms with van der Waals surface area (Å²) in [5, 5.41) is 0. The van der Waals surface area contributed by atoms with Crippen molar-refractivity contribution in [2.75, 3.05) is 7.11 Å². The van der Waals surface area contributed by atoms with Crippen LogP contribution in [0.4, 0.5) is 0 Å². The Bertz CT molecular complexity index is 142. The Kier molecular flexibility index (Phi) is 3.79. The average molecular weight is 160 g/mol. The van der Waals surface area contributed by atoms with E-state index in [2.05, 4.69) is 11.3 Å². The van der Waals surface area contributed by atoms with Gasteiger partial charge in [-0.1, -0.05) is 0 Å². The van der Waals surface area contributed by atoms with Gasteiger partial charge in [0.05, 0.1) is 7.11 Å². The minimum absolute atomic E-state index is 0.0706. The van der Waals surface area contributed by atoms with Crippen LogP contribution in [0.5, 0.6) is 0 Å². The zero-order valence-corrected chi connectivity index (χ0v) is 7.66. The van der Waals surface area contributed by atoms with Crippen molar-refractivity contribution in [3.05, 3.63) is 12.3 Å². The van der Waals surface area contributed by atoms with Gasteiger partial charge in [0.1, 0.15) is 0 Å². The van der Waals surface area contributed by atoms with Crippen LogP contribution >= 0.6 is 0 Å². The molecular formula is C6H12O3Si. The molecule has 4 heteroatoms. The van der Waals surface area contributed by atoms with Gasteiger partial charge in [0.15, 0.2) is 5.76 Å². The Morgan fingerprint density at radius 3 is 2.30 bits per heavy atom. The van der Waals surface area contributed by atoms with Crippen molar-refractivity contribution in [3.63, 3.8) is 0 Å². The highest BCUT2D eigenvalue weighted by atomic mass is 28.3. The fourth-order valence-electron chi connectivity index (χ4n) is 0.363. The molecule has 0 atom stereocenters. The highest BCUT2D eigenvalue weighted by Gasteiger charge is 2.09. The Labute approximate surface area is 62.4 Å². The molecule has 0 N–H and O–H groups in total. The minimum atomic E-state index is -1.29. The van der Waals surface area contributed by atoms with E-state index in [0.717, 1.165) is 0 Å². The normalized spacial score (nSPS) is 9.20. The summed E-state index contributed by atoms with van der Waals surface area (Å²) in [6, 6.07) is 0. The fourth-order valence-corrected chi connectivity index (χ4v) is 0.923. The third-order valence-corrected chi connectivity index (χ3v) is 1.50. The third-order valence-electron chi connectivity index (χ3n) is 0.817. The smallest absolute Gasteiger partial charge is 0.359 e. The van der Waals surface area contributed by atoms with Gasteiger partial charge in [-0.25, -0.2) is 4.79 Å². The van der Waals surface area contributed by atoms with Crippen LogP contribution in [0.25, 0.3) is 0 Å². The number of hydrogen-bond donors (Lipinski definition) is 0. The molecule has 0 aliphatic rings. The van der Waals surface area contributed by atoms with Gasteiger partial charge < -0.3 is 9.16 Å². The van der Waals surface area contributed by atoms with Crippen molar-refractivity contribution in [1.82, 2.24) is 0 Å². The van der Waals surface area contributed by atoms with Crippen molar-refractivity contribution in [3.8, 4) is 0 Å². The van der Waals surface area contributed by atoms with Crippen molar-refractivity contribution in [2.45, 2.75) is 13.1 Å². The van der Waals surface area contributed by atoms with Crippen LogP contribution < -0.4 is 0 Å². The van der Waals surface area contributed by atoms with Crippen LogP contribution in [0, 0.1) is 0 Å². The van der Waals surface area contributed by atoms with Gasteiger partial charge in [0.25, 0.3) is 0 Å². The Morgan fingerprint density at radius 1 is 1.50 bits per heavy atom. The molecular weight excluding hydrogens is 148 g/mol. The van der Waals surface area contributed by atoms with Crippen molar-refractivity contribution in [1.29, 1.82) is 0 Å². The average Bonchev–Trinajstić information content (AvgIpc) is 1.85. The largest absolute Gasteiger partial charge is 0.517 e. The predicted octanol–water partition coefficient (Wildman–Crippen LogP) is 0.673. The molecule has 0 saturated carbocycles. The minimum Gasteiger partial charge on any atom is -0.517 e. The quantitative estimate of drug-likeness (QED) is 0.346. The van der Waals surface area contributed by atoms with Crippen molar-refractivity contribution in [2.24, 2.45) is 0 Å². The number of carbonyl (C=O) groups excluding carboxylic acids is 1. The first-order valence-corrected chi connectivity index (χ1v) is 5.80. The summed E-state index contributed by atoms with van der Waals surface area (Å²) in [6.07, 6.45) is 0. The van der Waals surface area contributed by atoms with E-state index in [0.29, 0.717) is 0 Å². The molecule has 0 bridgehead atoms. The summed E-state index contributed by atoms with van der Waals surface area (Å²) in [5.41, 5.74) is 0. The molecule has 0 amide bonds. The molecule has 0 aromatic rings. The first kappa shape index (κ1) is 9.23. The summed E-state index contributed by atoms with van der Waals surface area (Å²) in [5.74, 6) is -0.370. The molecule has 0 rings (SSSR count). The topological polar surface area (TPSA) is 35.5 Å². The lowest BCUT2D eigenvalue weighted by Gasteiger charge is -2.07. The lowest BCUT2D eigenvalue weighted by molar-refractivity contribution is -0.133. The van der Waals surface area contributed by atoms with E-state index in [1.165, 1.54) is 7.11 Å². The van der Waals surface area contributed by atoms with Crippen LogP contribution in [0.15, 0.2) is 12.3 Å². The van der Waals surface area contributed by atoms with Gasteiger partial charge in [-0.05, 0) is 19.7 Å². The monoisotopic (exact) mass is 160 g/mol. The molecule has 0 aromatic heterocycles. The lowest BCUT2D eigenvalue weighted by atomic mass is 10.6. The summed E-state index contributed by atoms with van der Waals surface area (Å²) in [7, 11) is 0.105. The molecule has 0 aromatic carbocycles. The van der Waals surface area contributed by atoms with Gasteiger partial charge in [0, 0.05) is 0 Å². The third kappa shape index (κ3) is 3.29. The van der Waals surface area contributed by atoms with Gasteiger partial charge in [-0.3, -0.25) is 0 Å². The van der Waals surface area contributed by atoms with E-state index in [1.54, 1.807) is 0 Å². The second-order valence-corrected chi connectivity index (χ2v) is 4.41. The van der Waals surface area contributed by atoms with Gasteiger partial charge in [-0.2, -0.15) is 0 Å². The molecule has 0 unspecified atom stereocenters. The number of ether oxygens (including phenoxy) is 1. The van der Waals surface area contributed by atoms with E-state index >= 15 is 0 Å². The van der Waals surface area contributed by atoms with Crippen LogP contribution in [-0.4, -0.2) is 22.1 Å². The van der Waals surface area contributed by atoms with Crippen molar-refractivity contribution < 1.29 is 14.0 Å². The Balaban J connectivity index is 3.74. The molecule has 58 valence electrons. The number of hydrogen-bond acceptors (Lipinski definition) is 3. The maximum absolute atomic E-state index is 10.8. The van der Waals surface area contributed by atoms with Gasteiger partial charge in [-0.15, -0.1) is 0 Å². The van der Waals surface area contributed by atoms with Crippen LogP contribution in [0.2, 0.25) is 13.1 Å². The maximum atomic E-state index is 10.8. The molecule has 3 nitrogen and oxygen atoms in total. The summed E-state index contributed by atoms with van der Waals surface area (Å²) in [4.78, 5) is 10.8. The molecule has 10 heavy (non-hydrogen) atoms. The standard InChI is InChI=1S/C6H12O3Si/c1-5(8-2)6(7)9-10(3)4/h10H,1H2,2-4H3. The summed E-state index contributed by atoms with van der Waals surface area (Å²) in [6.45, 7) is 7.16. The zero-order chi connectivity index (χ0) is 8.15.